The summed E-state index contributed by atoms with van der Waals surface area (Å²) < 4.78 is 1.04. The van der Waals surface area contributed by atoms with Gasteiger partial charge in [0, 0.05) is 4.47 Å². The number of nitrogens with two attached hydrogens (primary N) is 1. The summed E-state index contributed by atoms with van der Waals surface area (Å²) in [5, 5.41) is 0. The molecule has 2 N–H and O–H groups in total. The highest BCUT2D eigenvalue weighted by Crippen LogP contribution is 2.23. The van der Waals surface area contributed by atoms with Gasteiger partial charge in [-0.2, -0.15) is 0 Å². The van der Waals surface area contributed by atoms with E-state index in [1.807, 2.05) is 6.92 Å². The van der Waals surface area contributed by atoms with Crippen molar-refractivity contribution in [3.05, 3.63) is 21.9 Å². The quantitative estimate of drug-likeness (QED) is 0.780. The number of nitrogens with zero attached hydrogens (tertiary/aromatic N) is 1. The van der Waals surface area contributed by atoms with Crippen LogP contribution in [0.4, 0.5) is 5.69 Å². The van der Waals surface area contributed by atoms with E-state index in [-0.39, 0.29) is 0 Å². The molecular weight excluding hydrogens is 204 g/mol. The zero-order valence-corrected chi connectivity index (χ0v) is 8.27. The molecule has 2 nitrogen and oxygen atoms in total. The third-order valence-electron chi connectivity index (χ3n) is 1.71. The molecule has 0 unspecified atom stereocenters. The van der Waals surface area contributed by atoms with Crippen molar-refractivity contribution in [1.29, 1.82) is 0 Å². The zero-order valence-electron chi connectivity index (χ0n) is 6.69. The molecule has 0 aliphatic heterocycles. The fraction of sp³-hybridized carbons (Fsp3) is 0.375. The highest BCUT2D eigenvalue weighted by molar-refractivity contribution is 9.10. The van der Waals surface area contributed by atoms with Crippen molar-refractivity contribution in [2.75, 3.05) is 5.73 Å². The van der Waals surface area contributed by atoms with E-state index in [9.17, 15) is 0 Å². The minimum Gasteiger partial charge on any atom is -0.397 e. The van der Waals surface area contributed by atoms with Gasteiger partial charge in [0.1, 0.15) is 0 Å². The van der Waals surface area contributed by atoms with Crippen LogP contribution in [-0.4, -0.2) is 4.98 Å². The number of pyridine rings is 1. The summed E-state index contributed by atoms with van der Waals surface area (Å²) in [5.74, 6) is 0. The first-order valence-corrected chi connectivity index (χ1v) is 4.35. The Morgan fingerprint density at radius 1 is 1.64 bits per heavy atom. The lowest BCUT2D eigenvalue weighted by Gasteiger charge is -2.05. The van der Waals surface area contributed by atoms with E-state index in [1.165, 1.54) is 0 Å². The molecule has 1 heterocycles. The summed E-state index contributed by atoms with van der Waals surface area (Å²) in [5.41, 5.74) is 8.54. The predicted octanol–water partition coefficient (Wildman–Crippen LogP) is 2.30. The predicted molar refractivity (Wildman–Crippen MR) is 50.5 cm³/mol. The fourth-order valence-electron chi connectivity index (χ4n) is 0.891. The van der Waals surface area contributed by atoms with E-state index >= 15 is 0 Å². The Hall–Kier alpha value is -0.570. The van der Waals surface area contributed by atoms with Crippen LogP contribution in [0, 0.1) is 6.92 Å². The first kappa shape index (κ1) is 8.53. The molecule has 0 aromatic carbocycles. The number of aromatic nitrogens is 1. The van der Waals surface area contributed by atoms with Crippen LogP contribution in [0.2, 0.25) is 0 Å². The number of anilines is 1. The summed E-state index contributed by atoms with van der Waals surface area (Å²) in [7, 11) is 0. The Balaban J connectivity index is 3.25. The second-order valence-electron chi connectivity index (χ2n) is 2.45. The number of halogens is 1. The smallest absolute Gasteiger partial charge is 0.0547 e. The van der Waals surface area contributed by atoms with Crippen LogP contribution in [0.5, 0.6) is 0 Å². The van der Waals surface area contributed by atoms with Crippen molar-refractivity contribution in [2.45, 2.75) is 20.3 Å². The summed E-state index contributed by atoms with van der Waals surface area (Å²) >= 11 is 3.45. The summed E-state index contributed by atoms with van der Waals surface area (Å²) in [6.07, 6.45) is 2.64. The van der Waals surface area contributed by atoms with Gasteiger partial charge < -0.3 is 5.73 Å². The van der Waals surface area contributed by atoms with Crippen molar-refractivity contribution < 1.29 is 0 Å². The van der Waals surface area contributed by atoms with Crippen LogP contribution in [0.15, 0.2) is 10.7 Å². The second kappa shape index (κ2) is 3.22. The molecule has 0 saturated heterocycles. The van der Waals surface area contributed by atoms with Crippen LogP contribution in [-0.2, 0) is 6.42 Å². The lowest BCUT2D eigenvalue weighted by atomic mass is 10.2. The molecule has 1 aromatic heterocycles. The average Bonchev–Trinajstić information content (AvgIpc) is 2.01. The Labute approximate surface area is 75.0 Å². The Morgan fingerprint density at radius 3 is 2.82 bits per heavy atom. The molecule has 1 aromatic rings. The second-order valence-corrected chi connectivity index (χ2v) is 3.25. The van der Waals surface area contributed by atoms with Gasteiger partial charge in [-0.15, -0.1) is 0 Å². The van der Waals surface area contributed by atoms with Gasteiger partial charge in [-0.25, -0.2) is 0 Å². The number of hydrogen-bond acceptors (Lipinski definition) is 2. The van der Waals surface area contributed by atoms with Gasteiger partial charge in [0.25, 0.3) is 0 Å². The molecule has 0 fully saturated rings. The minimum atomic E-state index is 0.745. The van der Waals surface area contributed by atoms with Crippen LogP contribution in [0.1, 0.15) is 18.2 Å². The molecule has 0 radical (unpaired) electrons. The molecular formula is C8H11BrN2. The molecule has 1 rings (SSSR count). The third-order valence-corrected chi connectivity index (χ3v) is 2.76. The van der Waals surface area contributed by atoms with Gasteiger partial charge in [0.05, 0.1) is 17.6 Å². The Bertz CT molecular complexity index is 271. The number of nitrogen functional groups attached to an aromatic ring is 1. The normalized spacial score (nSPS) is 10.1. The van der Waals surface area contributed by atoms with Crippen molar-refractivity contribution in [2.24, 2.45) is 0 Å². The molecule has 0 saturated carbocycles. The van der Waals surface area contributed by atoms with Gasteiger partial charge in [-0.1, -0.05) is 6.92 Å². The van der Waals surface area contributed by atoms with Crippen LogP contribution in [0.3, 0.4) is 0 Å². The standard InChI is InChI=1S/C8H11BrN2/c1-3-7-8(9)5(2)6(10)4-11-7/h4H,3,10H2,1-2H3. The molecule has 0 atom stereocenters. The highest BCUT2D eigenvalue weighted by Gasteiger charge is 2.04. The van der Waals surface area contributed by atoms with Crippen molar-refractivity contribution in [1.82, 2.24) is 4.98 Å². The fourth-order valence-corrected chi connectivity index (χ4v) is 1.50. The first-order chi connectivity index (χ1) is 5.16. The molecule has 0 amide bonds. The average molecular weight is 215 g/mol. The maximum absolute atomic E-state index is 5.65. The van der Waals surface area contributed by atoms with Crippen LogP contribution >= 0.6 is 15.9 Å². The van der Waals surface area contributed by atoms with Gasteiger partial charge >= 0.3 is 0 Å². The summed E-state index contributed by atoms with van der Waals surface area (Å²) in [6, 6.07) is 0. The number of rotatable bonds is 1. The highest BCUT2D eigenvalue weighted by atomic mass is 79.9. The van der Waals surface area contributed by atoms with Crippen molar-refractivity contribution in [3.63, 3.8) is 0 Å². The Kier molecular flexibility index (Phi) is 2.49. The SMILES string of the molecule is CCc1ncc(N)c(C)c1Br. The minimum absolute atomic E-state index is 0.745. The van der Waals surface area contributed by atoms with Gasteiger partial charge in [-0.3, -0.25) is 4.98 Å². The molecule has 3 heteroatoms. The molecule has 0 aliphatic rings. The largest absolute Gasteiger partial charge is 0.397 e. The first-order valence-electron chi connectivity index (χ1n) is 3.56. The molecule has 60 valence electrons. The van der Waals surface area contributed by atoms with E-state index < -0.39 is 0 Å². The van der Waals surface area contributed by atoms with Crippen LogP contribution in [0.25, 0.3) is 0 Å². The summed E-state index contributed by atoms with van der Waals surface area (Å²) in [6.45, 7) is 4.06. The van der Waals surface area contributed by atoms with E-state index in [0.717, 1.165) is 27.8 Å². The van der Waals surface area contributed by atoms with Crippen LogP contribution < -0.4 is 5.73 Å². The number of hydrogen-bond donors (Lipinski definition) is 1. The van der Waals surface area contributed by atoms with E-state index in [1.54, 1.807) is 6.20 Å². The van der Waals surface area contributed by atoms with Gasteiger partial charge in [0.2, 0.25) is 0 Å². The monoisotopic (exact) mass is 214 g/mol. The summed E-state index contributed by atoms with van der Waals surface area (Å²) in [4.78, 5) is 4.19. The lowest BCUT2D eigenvalue weighted by molar-refractivity contribution is 1.01. The van der Waals surface area contributed by atoms with Gasteiger partial charge in [-0.05, 0) is 34.8 Å². The van der Waals surface area contributed by atoms with E-state index in [0.29, 0.717) is 0 Å². The maximum atomic E-state index is 5.65. The van der Waals surface area contributed by atoms with Crippen molar-refractivity contribution >= 4 is 21.6 Å². The van der Waals surface area contributed by atoms with E-state index in [4.69, 9.17) is 5.73 Å². The van der Waals surface area contributed by atoms with Gasteiger partial charge in [0.15, 0.2) is 0 Å². The molecule has 0 bridgehead atoms. The molecule has 0 spiro atoms. The third kappa shape index (κ3) is 1.53. The molecule has 11 heavy (non-hydrogen) atoms. The Morgan fingerprint density at radius 2 is 2.27 bits per heavy atom. The maximum Gasteiger partial charge on any atom is 0.0547 e. The topological polar surface area (TPSA) is 38.9 Å². The van der Waals surface area contributed by atoms with E-state index in [2.05, 4.69) is 27.8 Å². The zero-order chi connectivity index (χ0) is 8.43. The lowest BCUT2D eigenvalue weighted by Crippen LogP contribution is -1.97. The van der Waals surface area contributed by atoms with Crippen molar-refractivity contribution in [3.8, 4) is 0 Å². The number of aryl methyl sites for hydroxylation is 1. The molecule has 0 aliphatic carbocycles.